The molecule has 0 aliphatic carbocycles. The van der Waals surface area contributed by atoms with E-state index in [1.807, 2.05) is 0 Å². The molecule has 0 saturated carbocycles. The van der Waals surface area contributed by atoms with Crippen molar-refractivity contribution in [2.24, 2.45) is 5.92 Å². The van der Waals surface area contributed by atoms with E-state index in [9.17, 15) is 17.6 Å². The van der Waals surface area contributed by atoms with Gasteiger partial charge in [0.15, 0.2) is 5.78 Å². The predicted molar refractivity (Wildman–Crippen MR) is 85.3 cm³/mol. The maximum atomic E-state index is 12.9. The monoisotopic (exact) mass is 343 g/mol. The van der Waals surface area contributed by atoms with Crippen LogP contribution in [-0.2, 0) is 14.3 Å². The molecule has 1 saturated heterocycles. The van der Waals surface area contributed by atoms with Crippen molar-refractivity contribution < 1.29 is 21.8 Å². The normalized spacial score (nSPS) is 17.3. The fraction of sp³-hybridized carbons (Fsp3) is 0.562. The molecule has 0 unspecified atom stereocenters. The van der Waals surface area contributed by atoms with Crippen LogP contribution in [0, 0.1) is 11.7 Å². The SMILES string of the molecule is CS(=O)(=O)OCCCN1CCC(C(=O)c2ccc(F)cc2)CC1. The van der Waals surface area contributed by atoms with Crippen LogP contribution in [0.2, 0.25) is 0 Å². The molecular weight excluding hydrogens is 321 g/mol. The number of ketones is 1. The van der Waals surface area contributed by atoms with E-state index in [0.717, 1.165) is 38.7 Å². The molecule has 0 atom stereocenters. The standard InChI is InChI=1S/C16H22FNO4S/c1-23(20,21)22-12-2-9-18-10-7-14(8-11-18)16(19)13-3-5-15(17)6-4-13/h3-6,14H,2,7-12H2,1H3. The van der Waals surface area contributed by atoms with Crippen molar-refractivity contribution in [2.45, 2.75) is 19.3 Å². The predicted octanol–water partition coefficient (Wildman–Crippen LogP) is 2.09. The molecule has 128 valence electrons. The minimum Gasteiger partial charge on any atom is -0.303 e. The van der Waals surface area contributed by atoms with Gasteiger partial charge in [-0.15, -0.1) is 0 Å². The van der Waals surface area contributed by atoms with E-state index >= 15 is 0 Å². The highest BCUT2D eigenvalue weighted by atomic mass is 32.2. The molecule has 1 aliphatic heterocycles. The summed E-state index contributed by atoms with van der Waals surface area (Å²) in [6.45, 7) is 2.55. The second-order valence-corrected chi connectivity index (χ2v) is 7.51. The Labute approximate surface area is 136 Å². The molecule has 0 spiro atoms. The number of hydrogen-bond acceptors (Lipinski definition) is 5. The van der Waals surface area contributed by atoms with E-state index in [4.69, 9.17) is 4.18 Å². The van der Waals surface area contributed by atoms with Gasteiger partial charge in [-0.05, 0) is 56.6 Å². The van der Waals surface area contributed by atoms with Crippen LogP contribution in [0.25, 0.3) is 0 Å². The molecule has 23 heavy (non-hydrogen) atoms. The number of carbonyl (C=O) groups is 1. The molecule has 0 radical (unpaired) electrons. The van der Waals surface area contributed by atoms with Crippen LogP contribution < -0.4 is 0 Å². The average molecular weight is 343 g/mol. The second-order valence-electron chi connectivity index (χ2n) is 5.87. The number of likely N-dealkylation sites (tertiary alicyclic amines) is 1. The van der Waals surface area contributed by atoms with E-state index < -0.39 is 10.1 Å². The lowest BCUT2D eigenvalue weighted by molar-refractivity contribution is 0.0835. The molecule has 2 rings (SSSR count). The van der Waals surface area contributed by atoms with Gasteiger partial charge in [0.1, 0.15) is 5.82 Å². The van der Waals surface area contributed by atoms with Gasteiger partial charge in [0.25, 0.3) is 10.1 Å². The molecule has 1 aromatic rings. The van der Waals surface area contributed by atoms with Crippen molar-refractivity contribution in [3.63, 3.8) is 0 Å². The molecular formula is C16H22FNO4S. The lowest BCUT2D eigenvalue weighted by Crippen LogP contribution is -2.37. The number of hydrogen-bond donors (Lipinski definition) is 0. The minimum absolute atomic E-state index is 0.0241. The topological polar surface area (TPSA) is 63.7 Å². The summed E-state index contributed by atoms with van der Waals surface area (Å²) in [7, 11) is -3.37. The first-order valence-corrected chi connectivity index (χ1v) is 9.53. The van der Waals surface area contributed by atoms with E-state index in [-0.39, 0.29) is 24.1 Å². The lowest BCUT2D eigenvalue weighted by Gasteiger charge is -2.31. The largest absolute Gasteiger partial charge is 0.303 e. The number of rotatable bonds is 7. The first-order chi connectivity index (χ1) is 10.8. The third-order valence-electron chi connectivity index (χ3n) is 4.00. The van der Waals surface area contributed by atoms with Crippen LogP contribution in [0.15, 0.2) is 24.3 Å². The quantitative estimate of drug-likeness (QED) is 0.431. The van der Waals surface area contributed by atoms with Crippen LogP contribution in [0.3, 0.4) is 0 Å². The van der Waals surface area contributed by atoms with Gasteiger partial charge in [-0.25, -0.2) is 4.39 Å². The fourth-order valence-corrected chi connectivity index (χ4v) is 3.19. The molecule has 0 N–H and O–H groups in total. The Morgan fingerprint density at radius 3 is 2.43 bits per heavy atom. The molecule has 0 aromatic heterocycles. The lowest BCUT2D eigenvalue weighted by atomic mass is 9.89. The zero-order valence-corrected chi connectivity index (χ0v) is 14.0. The minimum atomic E-state index is -3.37. The molecule has 7 heteroatoms. The van der Waals surface area contributed by atoms with Crippen LogP contribution >= 0.6 is 0 Å². The maximum Gasteiger partial charge on any atom is 0.264 e. The van der Waals surface area contributed by atoms with Gasteiger partial charge in [0.05, 0.1) is 12.9 Å². The first-order valence-electron chi connectivity index (χ1n) is 7.72. The van der Waals surface area contributed by atoms with E-state index in [1.54, 1.807) is 0 Å². The van der Waals surface area contributed by atoms with Crippen molar-refractivity contribution in [1.82, 2.24) is 4.90 Å². The van der Waals surface area contributed by atoms with Gasteiger partial charge in [-0.2, -0.15) is 8.42 Å². The Kier molecular flexibility index (Phi) is 6.26. The Bertz CT molecular complexity index is 622. The van der Waals surface area contributed by atoms with Crippen molar-refractivity contribution in [2.75, 3.05) is 32.5 Å². The number of benzene rings is 1. The summed E-state index contributed by atoms with van der Waals surface area (Å²) in [5.41, 5.74) is 0.561. The molecule has 0 amide bonds. The number of halogens is 1. The van der Waals surface area contributed by atoms with Gasteiger partial charge < -0.3 is 4.90 Å². The van der Waals surface area contributed by atoms with Crippen LogP contribution in [-0.4, -0.2) is 51.6 Å². The van der Waals surface area contributed by atoms with Crippen LogP contribution in [0.4, 0.5) is 4.39 Å². The second kappa shape index (κ2) is 7.99. The van der Waals surface area contributed by atoms with E-state index in [2.05, 4.69) is 4.90 Å². The highest BCUT2D eigenvalue weighted by molar-refractivity contribution is 7.85. The zero-order chi connectivity index (χ0) is 16.9. The Morgan fingerprint density at radius 1 is 1.26 bits per heavy atom. The van der Waals surface area contributed by atoms with Crippen LogP contribution in [0.1, 0.15) is 29.6 Å². The van der Waals surface area contributed by atoms with Gasteiger partial charge in [-0.1, -0.05) is 0 Å². The fourth-order valence-electron chi connectivity index (χ4n) is 2.77. The van der Waals surface area contributed by atoms with Crippen molar-refractivity contribution in [1.29, 1.82) is 0 Å². The highest BCUT2D eigenvalue weighted by Gasteiger charge is 2.25. The third kappa shape index (κ3) is 6.01. The number of piperidine rings is 1. The number of Topliss-reactive ketones (excluding diaryl/α,β-unsaturated/α-hetero) is 1. The summed E-state index contributed by atoms with van der Waals surface area (Å²) in [4.78, 5) is 14.6. The average Bonchev–Trinajstić information content (AvgIpc) is 2.51. The maximum absolute atomic E-state index is 12.9. The summed E-state index contributed by atoms with van der Waals surface area (Å²) in [6.07, 6.45) is 3.22. The molecule has 1 heterocycles. The number of carbonyl (C=O) groups excluding carboxylic acids is 1. The summed E-state index contributed by atoms with van der Waals surface area (Å²) in [6, 6.07) is 5.69. The van der Waals surface area contributed by atoms with Crippen molar-refractivity contribution in [3.05, 3.63) is 35.6 Å². The first kappa shape index (κ1) is 18.0. The van der Waals surface area contributed by atoms with Crippen molar-refractivity contribution in [3.8, 4) is 0 Å². The van der Waals surface area contributed by atoms with Crippen LogP contribution in [0.5, 0.6) is 0 Å². The van der Waals surface area contributed by atoms with E-state index in [1.165, 1.54) is 24.3 Å². The summed E-state index contributed by atoms with van der Waals surface area (Å²) in [5.74, 6) is -0.290. The molecule has 5 nitrogen and oxygen atoms in total. The smallest absolute Gasteiger partial charge is 0.264 e. The molecule has 0 bridgehead atoms. The third-order valence-corrected chi connectivity index (χ3v) is 4.60. The van der Waals surface area contributed by atoms with Crippen molar-refractivity contribution >= 4 is 15.9 Å². The molecule has 1 aromatic carbocycles. The summed E-state index contributed by atoms with van der Waals surface area (Å²) in [5, 5.41) is 0. The molecule has 1 aliphatic rings. The summed E-state index contributed by atoms with van der Waals surface area (Å²) >= 11 is 0. The van der Waals surface area contributed by atoms with E-state index in [0.29, 0.717) is 12.0 Å². The highest BCUT2D eigenvalue weighted by Crippen LogP contribution is 2.22. The molecule has 1 fully saturated rings. The summed E-state index contributed by atoms with van der Waals surface area (Å²) < 4.78 is 39.3. The van der Waals surface area contributed by atoms with Gasteiger partial charge >= 0.3 is 0 Å². The van der Waals surface area contributed by atoms with Gasteiger partial charge in [-0.3, -0.25) is 8.98 Å². The zero-order valence-electron chi connectivity index (χ0n) is 13.2. The van der Waals surface area contributed by atoms with Gasteiger partial charge in [0, 0.05) is 18.0 Å². The Morgan fingerprint density at radius 2 is 1.87 bits per heavy atom. The van der Waals surface area contributed by atoms with Gasteiger partial charge in [0.2, 0.25) is 0 Å². The Balaban J connectivity index is 1.73. The number of nitrogens with zero attached hydrogens (tertiary/aromatic N) is 1. The Hall–Kier alpha value is -1.31.